The van der Waals surface area contributed by atoms with Crippen LogP contribution in [-0.4, -0.2) is 30.8 Å². The van der Waals surface area contributed by atoms with E-state index in [1.165, 1.54) is 5.56 Å². The number of benzene rings is 1. The van der Waals surface area contributed by atoms with Gasteiger partial charge in [0.15, 0.2) is 0 Å². The van der Waals surface area contributed by atoms with Crippen molar-refractivity contribution in [3.05, 3.63) is 29.3 Å². The predicted octanol–water partition coefficient (Wildman–Crippen LogP) is 2.53. The van der Waals surface area contributed by atoms with Crippen LogP contribution in [0, 0.1) is 13.8 Å². The van der Waals surface area contributed by atoms with Crippen LogP contribution in [0.1, 0.15) is 30.4 Å². The molecule has 1 rings (SSSR count). The third kappa shape index (κ3) is 6.82. The van der Waals surface area contributed by atoms with E-state index in [1.807, 2.05) is 6.92 Å². The summed E-state index contributed by atoms with van der Waals surface area (Å²) in [6.07, 6.45) is 1.82. The summed E-state index contributed by atoms with van der Waals surface area (Å²) in [5.74, 6) is 0.214. The number of carboxylic acid groups (broad SMARTS) is 1. The average molecular weight is 265 g/mol. The molecule has 4 nitrogen and oxygen atoms in total. The topological polar surface area (TPSA) is 58.6 Å². The molecule has 0 aliphatic carbocycles. The van der Waals surface area contributed by atoms with E-state index in [0.717, 1.165) is 30.8 Å². The Bertz CT molecular complexity index is 404. The Morgan fingerprint density at radius 1 is 1.26 bits per heavy atom. The second-order valence-electron chi connectivity index (χ2n) is 4.72. The normalized spacial score (nSPS) is 10.4. The van der Waals surface area contributed by atoms with Crippen molar-refractivity contribution >= 4 is 5.97 Å². The molecule has 106 valence electrons. The Hall–Kier alpha value is -1.55. The molecule has 0 saturated heterocycles. The van der Waals surface area contributed by atoms with E-state index < -0.39 is 5.97 Å². The van der Waals surface area contributed by atoms with E-state index in [1.54, 1.807) is 0 Å². The summed E-state index contributed by atoms with van der Waals surface area (Å²) in [6.45, 7) is 6.37. The van der Waals surface area contributed by atoms with E-state index in [9.17, 15) is 4.79 Å². The van der Waals surface area contributed by atoms with Crippen molar-refractivity contribution in [1.82, 2.24) is 5.32 Å². The van der Waals surface area contributed by atoms with Crippen molar-refractivity contribution in [3.8, 4) is 5.75 Å². The lowest BCUT2D eigenvalue weighted by Gasteiger charge is -2.10. The van der Waals surface area contributed by atoms with Crippen molar-refractivity contribution in [2.75, 3.05) is 19.7 Å². The maximum Gasteiger partial charge on any atom is 0.303 e. The first-order valence-corrected chi connectivity index (χ1v) is 6.72. The molecule has 0 unspecified atom stereocenters. The zero-order chi connectivity index (χ0) is 14.1. The Morgan fingerprint density at radius 2 is 2.00 bits per heavy atom. The molecule has 4 heteroatoms. The zero-order valence-corrected chi connectivity index (χ0v) is 11.7. The molecule has 0 spiro atoms. The minimum Gasteiger partial charge on any atom is -0.493 e. The molecule has 0 saturated carbocycles. The van der Waals surface area contributed by atoms with Crippen LogP contribution >= 0.6 is 0 Å². The van der Waals surface area contributed by atoms with Crippen LogP contribution in [0.4, 0.5) is 0 Å². The fourth-order valence-corrected chi connectivity index (χ4v) is 1.73. The van der Waals surface area contributed by atoms with E-state index in [0.29, 0.717) is 13.0 Å². The van der Waals surface area contributed by atoms with Crippen LogP contribution in [0.5, 0.6) is 5.75 Å². The van der Waals surface area contributed by atoms with Gasteiger partial charge >= 0.3 is 5.97 Å². The lowest BCUT2D eigenvalue weighted by Crippen LogP contribution is -2.19. The fourth-order valence-electron chi connectivity index (χ4n) is 1.73. The molecular weight excluding hydrogens is 242 g/mol. The first-order valence-electron chi connectivity index (χ1n) is 6.72. The van der Waals surface area contributed by atoms with Crippen LogP contribution in [0.2, 0.25) is 0 Å². The van der Waals surface area contributed by atoms with Gasteiger partial charge in [0.05, 0.1) is 6.61 Å². The van der Waals surface area contributed by atoms with Crippen molar-refractivity contribution < 1.29 is 14.6 Å². The molecule has 0 heterocycles. The number of ether oxygens (including phenoxy) is 1. The minimum absolute atomic E-state index is 0.228. The van der Waals surface area contributed by atoms with Crippen molar-refractivity contribution in [3.63, 3.8) is 0 Å². The summed E-state index contributed by atoms with van der Waals surface area (Å²) in [5, 5.41) is 11.7. The number of nitrogens with one attached hydrogen (secondary N) is 1. The van der Waals surface area contributed by atoms with Crippen molar-refractivity contribution in [2.24, 2.45) is 0 Å². The Balaban J connectivity index is 2.07. The van der Waals surface area contributed by atoms with Gasteiger partial charge in [-0.2, -0.15) is 0 Å². The molecule has 0 fully saturated rings. The second kappa shape index (κ2) is 8.53. The van der Waals surface area contributed by atoms with Crippen LogP contribution in [0.15, 0.2) is 18.2 Å². The summed E-state index contributed by atoms with van der Waals surface area (Å²) in [5.41, 5.74) is 2.35. The standard InChI is InChI=1S/C15H23NO3/c1-12-6-7-13(2)14(11-12)19-10-4-9-16-8-3-5-15(17)18/h6-7,11,16H,3-5,8-10H2,1-2H3,(H,17,18). The summed E-state index contributed by atoms with van der Waals surface area (Å²) in [7, 11) is 0. The largest absolute Gasteiger partial charge is 0.493 e. The third-order valence-corrected chi connectivity index (χ3v) is 2.84. The highest BCUT2D eigenvalue weighted by atomic mass is 16.5. The monoisotopic (exact) mass is 265 g/mol. The molecule has 0 radical (unpaired) electrons. The number of aliphatic carboxylic acids is 1. The number of carboxylic acids is 1. The molecule has 2 N–H and O–H groups in total. The smallest absolute Gasteiger partial charge is 0.303 e. The zero-order valence-electron chi connectivity index (χ0n) is 11.7. The minimum atomic E-state index is -0.736. The van der Waals surface area contributed by atoms with Crippen molar-refractivity contribution in [1.29, 1.82) is 0 Å². The quantitative estimate of drug-likeness (QED) is 0.674. The lowest BCUT2D eigenvalue weighted by molar-refractivity contribution is -0.137. The predicted molar refractivity (Wildman–Crippen MR) is 75.8 cm³/mol. The lowest BCUT2D eigenvalue weighted by atomic mass is 10.1. The SMILES string of the molecule is Cc1ccc(C)c(OCCCNCCCC(=O)O)c1. The van der Waals surface area contributed by atoms with Crippen LogP contribution in [0.3, 0.4) is 0 Å². The fraction of sp³-hybridized carbons (Fsp3) is 0.533. The molecule has 0 aromatic heterocycles. The summed E-state index contributed by atoms with van der Waals surface area (Å²) < 4.78 is 5.73. The molecule has 0 aliphatic rings. The van der Waals surface area contributed by atoms with Crippen molar-refractivity contribution in [2.45, 2.75) is 33.1 Å². The highest BCUT2D eigenvalue weighted by molar-refractivity contribution is 5.66. The molecular formula is C15H23NO3. The first kappa shape index (κ1) is 15.5. The van der Waals surface area contributed by atoms with Crippen LogP contribution < -0.4 is 10.1 Å². The summed E-state index contributed by atoms with van der Waals surface area (Å²) in [6, 6.07) is 6.19. The van der Waals surface area contributed by atoms with Gasteiger partial charge in [0, 0.05) is 6.42 Å². The average Bonchev–Trinajstić information content (AvgIpc) is 2.36. The Kier molecular flexibility index (Phi) is 6.97. The van der Waals surface area contributed by atoms with E-state index in [2.05, 4.69) is 30.4 Å². The number of carbonyl (C=O) groups is 1. The molecule has 0 atom stereocenters. The van der Waals surface area contributed by atoms with Gasteiger partial charge in [0.1, 0.15) is 5.75 Å². The Morgan fingerprint density at radius 3 is 2.74 bits per heavy atom. The van der Waals surface area contributed by atoms with Gasteiger partial charge in [-0.3, -0.25) is 4.79 Å². The molecule has 1 aromatic rings. The van der Waals surface area contributed by atoms with Gasteiger partial charge < -0.3 is 15.2 Å². The van der Waals surface area contributed by atoms with Gasteiger partial charge in [-0.25, -0.2) is 0 Å². The summed E-state index contributed by atoms with van der Waals surface area (Å²) in [4.78, 5) is 10.3. The third-order valence-electron chi connectivity index (χ3n) is 2.84. The highest BCUT2D eigenvalue weighted by Crippen LogP contribution is 2.18. The molecule has 19 heavy (non-hydrogen) atoms. The molecule has 1 aromatic carbocycles. The molecule has 0 bridgehead atoms. The van der Waals surface area contributed by atoms with Gasteiger partial charge in [-0.1, -0.05) is 12.1 Å². The van der Waals surface area contributed by atoms with E-state index in [-0.39, 0.29) is 6.42 Å². The number of aryl methyl sites for hydroxylation is 2. The summed E-state index contributed by atoms with van der Waals surface area (Å²) >= 11 is 0. The highest BCUT2D eigenvalue weighted by Gasteiger charge is 1.99. The molecule has 0 aliphatic heterocycles. The maximum absolute atomic E-state index is 10.3. The van der Waals surface area contributed by atoms with Crippen LogP contribution in [-0.2, 0) is 4.79 Å². The number of rotatable bonds is 9. The number of hydrogen-bond donors (Lipinski definition) is 2. The van der Waals surface area contributed by atoms with Gasteiger partial charge in [0.25, 0.3) is 0 Å². The van der Waals surface area contributed by atoms with Gasteiger partial charge in [-0.15, -0.1) is 0 Å². The molecule has 0 amide bonds. The second-order valence-corrected chi connectivity index (χ2v) is 4.72. The first-order chi connectivity index (χ1) is 9.09. The van der Waals surface area contributed by atoms with E-state index >= 15 is 0 Å². The Labute approximate surface area is 114 Å². The van der Waals surface area contributed by atoms with Gasteiger partial charge in [0.2, 0.25) is 0 Å². The number of hydrogen-bond acceptors (Lipinski definition) is 3. The van der Waals surface area contributed by atoms with Gasteiger partial charge in [-0.05, 0) is 57.0 Å². The van der Waals surface area contributed by atoms with E-state index in [4.69, 9.17) is 9.84 Å². The van der Waals surface area contributed by atoms with Crippen LogP contribution in [0.25, 0.3) is 0 Å². The maximum atomic E-state index is 10.3.